The van der Waals surface area contributed by atoms with Crippen LogP contribution < -0.4 is 21.8 Å². The van der Waals surface area contributed by atoms with Crippen LogP contribution in [0.25, 0.3) is 0 Å². The number of nitrogens with zero attached hydrogens (tertiary/aromatic N) is 2. The molecule has 8 heteroatoms. The second-order valence-corrected chi connectivity index (χ2v) is 5.09. The van der Waals surface area contributed by atoms with E-state index in [1.165, 1.54) is 24.5 Å². The Morgan fingerprint density at radius 3 is 1.50 bits per heavy atom. The first kappa shape index (κ1) is 15.5. The molecule has 0 bridgehead atoms. The molecule has 0 amide bonds. The van der Waals surface area contributed by atoms with Crippen molar-refractivity contribution in [3.63, 3.8) is 0 Å². The first-order valence-corrected chi connectivity index (χ1v) is 7.35. The Bertz CT molecular complexity index is 840. The third kappa shape index (κ3) is 4.29. The quantitative estimate of drug-likeness (QED) is 0.539. The fourth-order valence-corrected chi connectivity index (χ4v) is 2.07. The van der Waals surface area contributed by atoms with E-state index >= 15 is 0 Å². The number of benzene rings is 1. The Balaban J connectivity index is 1.55. The molecule has 0 atom stereocenters. The summed E-state index contributed by atoms with van der Waals surface area (Å²) in [6, 6.07) is 10.6. The summed E-state index contributed by atoms with van der Waals surface area (Å²) >= 11 is 0. The lowest BCUT2D eigenvalue weighted by Gasteiger charge is -2.07. The highest BCUT2D eigenvalue weighted by Gasteiger charge is 1.99. The molecule has 0 unspecified atom stereocenters. The van der Waals surface area contributed by atoms with Crippen molar-refractivity contribution in [2.45, 2.75) is 13.1 Å². The predicted octanol–water partition coefficient (Wildman–Crippen LogP) is 1.08. The Hall–Kier alpha value is -3.42. The number of aromatic nitrogens is 4. The van der Waals surface area contributed by atoms with Gasteiger partial charge in [0.25, 0.3) is 11.1 Å². The summed E-state index contributed by atoms with van der Waals surface area (Å²) in [6.45, 7) is 1.10. The zero-order valence-corrected chi connectivity index (χ0v) is 12.7. The monoisotopic (exact) mass is 324 g/mol. The van der Waals surface area contributed by atoms with E-state index in [-0.39, 0.29) is 11.1 Å². The molecule has 0 fully saturated rings. The Labute approximate surface area is 137 Å². The largest absolute Gasteiger partial charge is 0.352 e. The van der Waals surface area contributed by atoms with Gasteiger partial charge < -0.3 is 10.6 Å². The molecule has 0 aliphatic heterocycles. The molecule has 2 heterocycles. The topological polar surface area (TPSA) is 116 Å². The maximum atomic E-state index is 11.2. The van der Waals surface area contributed by atoms with Crippen LogP contribution in [0.2, 0.25) is 0 Å². The first-order valence-electron chi connectivity index (χ1n) is 7.35. The van der Waals surface area contributed by atoms with E-state index in [1.807, 2.05) is 24.3 Å². The molecule has 2 aromatic heterocycles. The van der Waals surface area contributed by atoms with Gasteiger partial charge in [0, 0.05) is 37.6 Å². The van der Waals surface area contributed by atoms with Crippen LogP contribution in [0.15, 0.2) is 58.4 Å². The minimum atomic E-state index is -0.193. The number of anilines is 2. The van der Waals surface area contributed by atoms with Crippen molar-refractivity contribution < 1.29 is 0 Å². The van der Waals surface area contributed by atoms with Crippen molar-refractivity contribution in [1.29, 1.82) is 0 Å². The van der Waals surface area contributed by atoms with Gasteiger partial charge in [0.15, 0.2) is 0 Å². The van der Waals surface area contributed by atoms with Crippen molar-refractivity contribution >= 4 is 11.9 Å². The van der Waals surface area contributed by atoms with Crippen molar-refractivity contribution in [1.82, 2.24) is 19.9 Å². The lowest BCUT2D eigenvalue weighted by Crippen LogP contribution is -2.11. The van der Waals surface area contributed by atoms with Crippen molar-refractivity contribution in [2.24, 2.45) is 0 Å². The zero-order chi connectivity index (χ0) is 16.8. The van der Waals surface area contributed by atoms with Crippen LogP contribution in [-0.4, -0.2) is 19.9 Å². The highest BCUT2D eigenvalue weighted by molar-refractivity contribution is 5.31. The van der Waals surface area contributed by atoms with Gasteiger partial charge in [0.05, 0.1) is 0 Å². The summed E-state index contributed by atoms with van der Waals surface area (Å²) in [5.74, 6) is 0.875. The highest BCUT2D eigenvalue weighted by Crippen LogP contribution is 2.07. The fraction of sp³-hybridized carbons (Fsp3) is 0.125. The molecular formula is C16H16N6O2. The summed E-state index contributed by atoms with van der Waals surface area (Å²) in [7, 11) is 0. The Kier molecular flexibility index (Phi) is 4.66. The number of rotatable bonds is 6. The van der Waals surface area contributed by atoms with Crippen molar-refractivity contribution in [3.05, 3.63) is 80.6 Å². The minimum absolute atomic E-state index is 0.193. The Morgan fingerprint density at radius 2 is 1.12 bits per heavy atom. The number of H-pyrrole nitrogens is 2. The van der Waals surface area contributed by atoms with E-state index in [0.717, 1.165) is 11.1 Å². The maximum absolute atomic E-state index is 11.2. The van der Waals surface area contributed by atoms with Crippen molar-refractivity contribution in [2.75, 3.05) is 10.6 Å². The van der Waals surface area contributed by atoms with Gasteiger partial charge in [-0.05, 0) is 11.1 Å². The summed E-state index contributed by atoms with van der Waals surface area (Å²) in [5, 5.41) is 6.11. The van der Waals surface area contributed by atoms with E-state index in [9.17, 15) is 9.59 Å². The number of aromatic amines is 2. The van der Waals surface area contributed by atoms with Gasteiger partial charge in [0.2, 0.25) is 11.9 Å². The van der Waals surface area contributed by atoms with Gasteiger partial charge in [0.1, 0.15) is 0 Å². The van der Waals surface area contributed by atoms with Gasteiger partial charge in [-0.2, -0.15) is 0 Å². The molecule has 24 heavy (non-hydrogen) atoms. The molecular weight excluding hydrogens is 308 g/mol. The van der Waals surface area contributed by atoms with Crippen LogP contribution >= 0.6 is 0 Å². The van der Waals surface area contributed by atoms with Gasteiger partial charge in [-0.25, -0.2) is 9.97 Å². The molecule has 1 aromatic carbocycles. The van der Waals surface area contributed by atoms with E-state index in [4.69, 9.17) is 0 Å². The van der Waals surface area contributed by atoms with E-state index in [0.29, 0.717) is 25.0 Å². The molecule has 8 nitrogen and oxygen atoms in total. The van der Waals surface area contributed by atoms with Crippen LogP contribution in [0.4, 0.5) is 11.9 Å². The number of nitrogens with one attached hydrogen (secondary N) is 4. The molecule has 0 spiro atoms. The molecule has 3 aromatic rings. The van der Waals surface area contributed by atoms with Crippen LogP contribution in [0.1, 0.15) is 11.1 Å². The van der Waals surface area contributed by atoms with Gasteiger partial charge in [-0.1, -0.05) is 24.3 Å². The molecule has 122 valence electrons. The summed E-state index contributed by atoms with van der Waals surface area (Å²) < 4.78 is 0. The maximum Gasteiger partial charge on any atom is 0.252 e. The van der Waals surface area contributed by atoms with E-state index in [1.54, 1.807) is 0 Å². The van der Waals surface area contributed by atoms with E-state index < -0.39 is 0 Å². The van der Waals surface area contributed by atoms with Crippen LogP contribution in [0.5, 0.6) is 0 Å². The van der Waals surface area contributed by atoms with Gasteiger partial charge >= 0.3 is 0 Å². The SMILES string of the molecule is O=c1ccnc(NCc2ccc(CNc3nccc(=O)[nH]3)cc2)[nH]1. The third-order valence-electron chi connectivity index (χ3n) is 3.29. The number of hydrogen-bond donors (Lipinski definition) is 4. The van der Waals surface area contributed by atoms with Gasteiger partial charge in [-0.15, -0.1) is 0 Å². The standard InChI is InChI=1S/C16H16N6O2/c23-13-5-7-17-15(21-13)19-9-11-1-2-12(4-3-11)10-20-16-18-8-6-14(24)22-16/h1-8H,9-10H2,(H2,17,19,21,23)(H2,18,20,22,24). The number of hydrogen-bond acceptors (Lipinski definition) is 6. The summed E-state index contributed by atoms with van der Waals surface area (Å²) in [6.07, 6.45) is 2.91. The van der Waals surface area contributed by atoms with Crippen LogP contribution in [0.3, 0.4) is 0 Å². The Morgan fingerprint density at radius 1 is 0.708 bits per heavy atom. The second-order valence-electron chi connectivity index (χ2n) is 5.09. The molecule has 0 saturated heterocycles. The lowest BCUT2D eigenvalue weighted by atomic mass is 10.1. The van der Waals surface area contributed by atoms with Crippen LogP contribution in [0, 0.1) is 0 Å². The fourth-order valence-electron chi connectivity index (χ4n) is 2.07. The van der Waals surface area contributed by atoms with E-state index in [2.05, 4.69) is 30.6 Å². The smallest absolute Gasteiger partial charge is 0.252 e. The average Bonchev–Trinajstić information content (AvgIpc) is 2.59. The highest BCUT2D eigenvalue weighted by atomic mass is 16.1. The zero-order valence-electron chi connectivity index (χ0n) is 12.7. The first-order chi connectivity index (χ1) is 11.7. The molecule has 0 aliphatic rings. The normalized spacial score (nSPS) is 10.3. The van der Waals surface area contributed by atoms with Crippen LogP contribution in [-0.2, 0) is 13.1 Å². The molecule has 0 aliphatic carbocycles. The average molecular weight is 324 g/mol. The summed E-state index contributed by atoms with van der Waals surface area (Å²) in [5.41, 5.74) is 1.72. The minimum Gasteiger partial charge on any atom is -0.352 e. The third-order valence-corrected chi connectivity index (χ3v) is 3.29. The second kappa shape index (κ2) is 7.23. The molecule has 0 saturated carbocycles. The lowest BCUT2D eigenvalue weighted by molar-refractivity contribution is 1.02. The summed E-state index contributed by atoms with van der Waals surface area (Å²) in [4.78, 5) is 35.6. The van der Waals surface area contributed by atoms with Gasteiger partial charge in [-0.3, -0.25) is 19.6 Å². The molecule has 0 radical (unpaired) electrons. The molecule has 3 rings (SSSR count). The predicted molar refractivity (Wildman–Crippen MR) is 90.8 cm³/mol. The molecule has 4 N–H and O–H groups in total. The van der Waals surface area contributed by atoms with Crippen molar-refractivity contribution in [3.8, 4) is 0 Å².